The summed E-state index contributed by atoms with van der Waals surface area (Å²) in [6, 6.07) is 10.3. The summed E-state index contributed by atoms with van der Waals surface area (Å²) in [6.07, 6.45) is 4.34. The number of hydrogen-bond donors (Lipinski definition) is 1. The van der Waals surface area contributed by atoms with Crippen LogP contribution < -0.4 is 5.32 Å². The van der Waals surface area contributed by atoms with Crippen LogP contribution in [0.1, 0.15) is 29.2 Å². The Kier molecular flexibility index (Phi) is 6.41. The third-order valence-electron chi connectivity index (χ3n) is 4.55. The number of carbonyl (C=O) groups is 1. The number of aryl methyl sites for hydroxylation is 1. The van der Waals surface area contributed by atoms with Crippen LogP contribution in [0.5, 0.6) is 0 Å². The molecule has 1 aromatic carbocycles. The van der Waals surface area contributed by atoms with E-state index in [0.717, 1.165) is 43.4 Å². The summed E-state index contributed by atoms with van der Waals surface area (Å²) in [7, 11) is 0. The highest BCUT2D eigenvalue weighted by atomic mass is 32.1. The molecular weight excluding hydrogens is 344 g/mol. The lowest BCUT2D eigenvalue weighted by atomic mass is 10.2. The minimum absolute atomic E-state index is 0.00244. The molecule has 1 atom stereocenters. The molecule has 0 aliphatic carbocycles. The zero-order chi connectivity index (χ0) is 18.4. The monoisotopic (exact) mass is 370 g/mol. The van der Waals surface area contributed by atoms with Crippen LogP contribution in [0.25, 0.3) is 6.08 Å². The van der Waals surface area contributed by atoms with Crippen LogP contribution in [-0.2, 0) is 0 Å². The summed E-state index contributed by atoms with van der Waals surface area (Å²) in [5.74, 6) is 0. The number of nitrogens with one attached hydrogen (secondary N) is 1. The second-order valence-corrected chi connectivity index (χ2v) is 7.63. The number of carbonyl (C=O) groups excluding carboxylic acids is 1. The Balaban J connectivity index is 1.41. The fourth-order valence-corrected chi connectivity index (χ4v) is 3.67. The maximum absolute atomic E-state index is 12.5. The summed E-state index contributed by atoms with van der Waals surface area (Å²) in [5, 5.41) is 6.09. The van der Waals surface area contributed by atoms with Gasteiger partial charge in [-0.15, -0.1) is 11.3 Å². The number of rotatable bonds is 5. The van der Waals surface area contributed by atoms with E-state index in [9.17, 15) is 4.79 Å². The number of amides is 2. The van der Waals surface area contributed by atoms with Gasteiger partial charge < -0.3 is 10.2 Å². The quantitative estimate of drug-likeness (QED) is 0.876. The van der Waals surface area contributed by atoms with Gasteiger partial charge in [-0.25, -0.2) is 9.78 Å². The molecule has 1 aliphatic heterocycles. The number of benzene rings is 1. The molecule has 2 heterocycles. The predicted molar refractivity (Wildman–Crippen MR) is 107 cm³/mol. The first-order chi connectivity index (χ1) is 12.6. The molecule has 3 rings (SSSR count). The highest BCUT2D eigenvalue weighted by Gasteiger charge is 2.22. The maximum atomic E-state index is 12.5. The van der Waals surface area contributed by atoms with E-state index in [1.807, 2.05) is 42.3 Å². The minimum atomic E-state index is -0.0562. The Morgan fingerprint density at radius 3 is 2.65 bits per heavy atom. The predicted octanol–water partition coefficient (Wildman–Crippen LogP) is 3.55. The Labute approximate surface area is 159 Å². The van der Waals surface area contributed by atoms with Crippen molar-refractivity contribution >= 4 is 23.4 Å². The molecule has 1 fully saturated rings. The first-order valence-electron chi connectivity index (χ1n) is 9.03. The summed E-state index contributed by atoms with van der Waals surface area (Å²) in [6.45, 7) is 8.19. The van der Waals surface area contributed by atoms with Gasteiger partial charge in [0.2, 0.25) is 0 Å². The molecule has 1 aromatic heterocycles. The second-order valence-electron chi connectivity index (χ2n) is 6.56. The molecule has 0 saturated carbocycles. The lowest BCUT2D eigenvalue weighted by Crippen LogP contribution is -2.52. The van der Waals surface area contributed by atoms with Gasteiger partial charge in [0.05, 0.1) is 16.7 Å². The number of aromatic nitrogens is 1. The normalized spacial score (nSPS) is 16.8. The molecule has 1 aliphatic rings. The molecule has 1 saturated heterocycles. The zero-order valence-electron chi connectivity index (χ0n) is 15.4. The van der Waals surface area contributed by atoms with Gasteiger partial charge in [-0.2, -0.15) is 0 Å². The number of urea groups is 1. The van der Waals surface area contributed by atoms with Gasteiger partial charge >= 0.3 is 6.03 Å². The Hall–Kier alpha value is -2.18. The van der Waals surface area contributed by atoms with Crippen molar-refractivity contribution in [3.63, 3.8) is 0 Å². The molecule has 0 radical (unpaired) electrons. The average Bonchev–Trinajstić information content (AvgIpc) is 3.10. The fourth-order valence-electron chi connectivity index (χ4n) is 2.97. The topological polar surface area (TPSA) is 48.5 Å². The molecule has 26 heavy (non-hydrogen) atoms. The summed E-state index contributed by atoms with van der Waals surface area (Å²) < 4.78 is 0. The molecule has 0 spiro atoms. The van der Waals surface area contributed by atoms with Crippen LogP contribution in [0.4, 0.5) is 4.79 Å². The van der Waals surface area contributed by atoms with Gasteiger partial charge in [-0.1, -0.05) is 42.5 Å². The molecule has 2 amide bonds. The van der Waals surface area contributed by atoms with E-state index in [4.69, 9.17) is 0 Å². The van der Waals surface area contributed by atoms with Crippen LogP contribution in [0.2, 0.25) is 0 Å². The lowest BCUT2D eigenvalue weighted by molar-refractivity contribution is 0.145. The standard InChI is InChI=1S/C20H26N4OS/c1-16(19-15-26-17(2)22-19)21-20(25)24-13-11-23(12-14-24)10-6-9-18-7-4-3-5-8-18/h3-9,15-16H,10-14H2,1-2H3,(H,21,25)/b9-6+/t16-/m0/s1. The molecule has 0 unspecified atom stereocenters. The summed E-state index contributed by atoms with van der Waals surface area (Å²) >= 11 is 1.61. The second kappa shape index (κ2) is 8.96. The first-order valence-corrected chi connectivity index (χ1v) is 9.91. The average molecular weight is 371 g/mol. The molecule has 5 nitrogen and oxygen atoms in total. The Morgan fingerprint density at radius 1 is 1.27 bits per heavy atom. The van der Waals surface area contributed by atoms with E-state index < -0.39 is 0 Å². The van der Waals surface area contributed by atoms with Crippen molar-refractivity contribution < 1.29 is 4.79 Å². The molecule has 6 heteroatoms. The van der Waals surface area contributed by atoms with Gasteiger partial charge in [0.15, 0.2) is 0 Å². The third kappa shape index (κ3) is 5.16. The SMILES string of the molecule is Cc1nc([C@H](C)NC(=O)N2CCN(C/C=C/c3ccccc3)CC2)cs1. The van der Waals surface area contributed by atoms with Crippen LogP contribution in [0, 0.1) is 6.92 Å². The van der Waals surface area contributed by atoms with Crippen LogP contribution in [0.3, 0.4) is 0 Å². The van der Waals surface area contributed by atoms with Crippen LogP contribution in [-0.4, -0.2) is 53.5 Å². The van der Waals surface area contributed by atoms with E-state index in [1.165, 1.54) is 5.56 Å². The van der Waals surface area contributed by atoms with Crippen molar-refractivity contribution in [1.82, 2.24) is 20.1 Å². The van der Waals surface area contributed by atoms with Gasteiger partial charge in [0.25, 0.3) is 0 Å². The Morgan fingerprint density at radius 2 is 2.00 bits per heavy atom. The van der Waals surface area contributed by atoms with Crippen LogP contribution in [0.15, 0.2) is 41.8 Å². The van der Waals surface area contributed by atoms with E-state index in [-0.39, 0.29) is 12.1 Å². The van der Waals surface area contributed by atoms with Crippen molar-refractivity contribution in [2.24, 2.45) is 0 Å². The van der Waals surface area contributed by atoms with Crippen molar-refractivity contribution in [3.05, 3.63) is 58.1 Å². The number of thiazole rings is 1. The lowest BCUT2D eigenvalue weighted by Gasteiger charge is -2.34. The van der Waals surface area contributed by atoms with Crippen molar-refractivity contribution in [2.45, 2.75) is 19.9 Å². The fraction of sp³-hybridized carbons (Fsp3) is 0.400. The largest absolute Gasteiger partial charge is 0.330 e. The Bertz CT molecular complexity index is 735. The van der Waals surface area contributed by atoms with Gasteiger partial charge in [-0.3, -0.25) is 4.90 Å². The van der Waals surface area contributed by atoms with E-state index >= 15 is 0 Å². The van der Waals surface area contributed by atoms with Crippen molar-refractivity contribution in [3.8, 4) is 0 Å². The maximum Gasteiger partial charge on any atom is 0.318 e. The molecular formula is C20H26N4OS. The molecule has 0 bridgehead atoms. The van der Waals surface area contributed by atoms with Gasteiger partial charge in [-0.05, 0) is 19.4 Å². The number of hydrogen-bond acceptors (Lipinski definition) is 4. The number of nitrogens with zero attached hydrogens (tertiary/aromatic N) is 3. The highest BCUT2D eigenvalue weighted by molar-refractivity contribution is 7.09. The minimum Gasteiger partial charge on any atom is -0.330 e. The van der Waals surface area contributed by atoms with Crippen molar-refractivity contribution in [2.75, 3.05) is 32.7 Å². The first kappa shape index (κ1) is 18.6. The number of piperazine rings is 1. The molecule has 138 valence electrons. The van der Waals surface area contributed by atoms with Crippen molar-refractivity contribution in [1.29, 1.82) is 0 Å². The summed E-state index contributed by atoms with van der Waals surface area (Å²) in [4.78, 5) is 21.2. The van der Waals surface area contributed by atoms with E-state index in [1.54, 1.807) is 11.3 Å². The highest BCUT2D eigenvalue weighted by Crippen LogP contribution is 2.16. The summed E-state index contributed by atoms with van der Waals surface area (Å²) in [5.41, 5.74) is 2.15. The van der Waals surface area contributed by atoms with E-state index in [2.05, 4.69) is 39.5 Å². The zero-order valence-corrected chi connectivity index (χ0v) is 16.2. The van der Waals surface area contributed by atoms with Gasteiger partial charge in [0, 0.05) is 38.1 Å². The smallest absolute Gasteiger partial charge is 0.318 e. The van der Waals surface area contributed by atoms with E-state index in [0.29, 0.717) is 0 Å². The molecule has 2 aromatic rings. The third-order valence-corrected chi connectivity index (χ3v) is 5.35. The molecule has 1 N–H and O–H groups in total. The van der Waals surface area contributed by atoms with Crippen LogP contribution >= 0.6 is 11.3 Å². The van der Waals surface area contributed by atoms with Gasteiger partial charge in [0.1, 0.15) is 0 Å².